The van der Waals surface area contributed by atoms with Gasteiger partial charge >= 0.3 is 12.4 Å². The van der Waals surface area contributed by atoms with Crippen molar-refractivity contribution in [1.82, 2.24) is 0 Å². The molecule has 0 aromatic heterocycles. The SMILES string of the molecule is O=[N+]([O-])c1cc([N+](=O)[O-])c(Nc2ccc([N+](=O)[O-])c(C(F)(F)F)c2)c(C(F)(F)F)c1. The highest BCUT2D eigenvalue weighted by Crippen LogP contribution is 2.45. The summed E-state index contributed by atoms with van der Waals surface area (Å²) in [5, 5.41) is 34.4. The summed E-state index contributed by atoms with van der Waals surface area (Å²) in [6.45, 7) is 0. The van der Waals surface area contributed by atoms with Crippen molar-refractivity contribution in [3.63, 3.8) is 0 Å². The van der Waals surface area contributed by atoms with E-state index in [0.717, 1.165) is 0 Å². The molecule has 0 heterocycles. The quantitative estimate of drug-likeness (QED) is 0.383. The Labute approximate surface area is 160 Å². The van der Waals surface area contributed by atoms with E-state index in [0.29, 0.717) is 12.1 Å². The Morgan fingerprint density at radius 3 is 1.67 bits per heavy atom. The van der Waals surface area contributed by atoms with Gasteiger partial charge in [-0.05, 0) is 12.1 Å². The lowest BCUT2D eigenvalue weighted by Crippen LogP contribution is -2.13. The van der Waals surface area contributed by atoms with Crippen LogP contribution in [-0.2, 0) is 12.4 Å². The number of benzene rings is 2. The van der Waals surface area contributed by atoms with E-state index in [-0.39, 0.29) is 18.2 Å². The smallest absolute Gasteiger partial charge is 0.349 e. The van der Waals surface area contributed by atoms with Crippen LogP contribution >= 0.6 is 0 Å². The number of hydrogen-bond acceptors (Lipinski definition) is 7. The summed E-state index contributed by atoms with van der Waals surface area (Å²) in [5.41, 5.74) is -10.0. The lowest BCUT2D eigenvalue weighted by atomic mass is 10.1. The van der Waals surface area contributed by atoms with Crippen LogP contribution in [0.2, 0.25) is 0 Å². The molecule has 10 nitrogen and oxygen atoms in total. The Bertz CT molecular complexity index is 1050. The molecule has 1 N–H and O–H groups in total. The predicted molar refractivity (Wildman–Crippen MR) is 86.1 cm³/mol. The van der Waals surface area contributed by atoms with E-state index in [1.165, 1.54) is 0 Å². The normalized spacial score (nSPS) is 11.8. The van der Waals surface area contributed by atoms with Crippen LogP contribution in [0.3, 0.4) is 0 Å². The zero-order valence-corrected chi connectivity index (χ0v) is 13.9. The third-order valence-electron chi connectivity index (χ3n) is 3.58. The molecule has 0 atom stereocenters. The van der Waals surface area contributed by atoms with Crippen LogP contribution < -0.4 is 5.32 Å². The summed E-state index contributed by atoms with van der Waals surface area (Å²) in [5.74, 6) is 0. The van der Waals surface area contributed by atoms with Gasteiger partial charge in [-0.1, -0.05) is 0 Å². The molecular weight excluding hydrogens is 434 g/mol. The molecule has 16 heteroatoms. The number of nitrogens with zero attached hydrogens (tertiary/aromatic N) is 3. The maximum Gasteiger partial charge on any atom is 0.423 e. The first-order chi connectivity index (χ1) is 13.6. The Kier molecular flexibility index (Phi) is 5.54. The van der Waals surface area contributed by atoms with Crippen LogP contribution in [0.5, 0.6) is 0 Å². The fourth-order valence-electron chi connectivity index (χ4n) is 2.36. The van der Waals surface area contributed by atoms with E-state index in [1.807, 2.05) is 0 Å². The van der Waals surface area contributed by atoms with Gasteiger partial charge in [0.15, 0.2) is 0 Å². The average Bonchev–Trinajstić information content (AvgIpc) is 2.59. The van der Waals surface area contributed by atoms with Gasteiger partial charge in [0.2, 0.25) is 0 Å². The Balaban J connectivity index is 2.75. The van der Waals surface area contributed by atoms with Crippen LogP contribution in [-0.4, -0.2) is 14.8 Å². The molecule has 0 spiro atoms. The molecule has 0 saturated heterocycles. The molecule has 0 aliphatic carbocycles. The minimum atomic E-state index is -5.37. The minimum absolute atomic E-state index is 0.0363. The monoisotopic (exact) mass is 440 g/mol. The summed E-state index contributed by atoms with van der Waals surface area (Å²) in [4.78, 5) is 28.6. The van der Waals surface area contributed by atoms with E-state index in [1.54, 1.807) is 5.32 Å². The van der Waals surface area contributed by atoms with Crippen LogP contribution in [0, 0.1) is 30.3 Å². The highest BCUT2D eigenvalue weighted by Gasteiger charge is 2.41. The summed E-state index contributed by atoms with van der Waals surface area (Å²) in [6, 6.07) is 1.18. The van der Waals surface area contributed by atoms with Gasteiger partial charge in [-0.2, -0.15) is 26.3 Å². The van der Waals surface area contributed by atoms with E-state index in [4.69, 9.17) is 0 Å². The Morgan fingerprint density at radius 2 is 1.23 bits per heavy atom. The first-order valence-electron chi connectivity index (χ1n) is 7.29. The summed E-state index contributed by atoms with van der Waals surface area (Å²) >= 11 is 0. The number of halogens is 6. The molecule has 0 radical (unpaired) electrons. The number of rotatable bonds is 5. The highest BCUT2D eigenvalue weighted by molar-refractivity contribution is 5.77. The fraction of sp³-hybridized carbons (Fsp3) is 0.143. The number of nitro benzene ring substituents is 3. The third-order valence-corrected chi connectivity index (χ3v) is 3.58. The lowest BCUT2D eigenvalue weighted by Gasteiger charge is -2.16. The van der Waals surface area contributed by atoms with Gasteiger partial charge in [-0.25, -0.2) is 0 Å². The van der Waals surface area contributed by atoms with Crippen LogP contribution in [0.15, 0.2) is 30.3 Å². The molecule has 30 heavy (non-hydrogen) atoms. The van der Waals surface area contributed by atoms with Crippen LogP contribution in [0.1, 0.15) is 11.1 Å². The van der Waals surface area contributed by atoms with Gasteiger partial charge in [0.05, 0.1) is 26.4 Å². The van der Waals surface area contributed by atoms with E-state index >= 15 is 0 Å². The van der Waals surface area contributed by atoms with E-state index in [9.17, 15) is 56.7 Å². The van der Waals surface area contributed by atoms with Crippen molar-refractivity contribution >= 4 is 28.4 Å². The Hall–Kier alpha value is -3.98. The van der Waals surface area contributed by atoms with Gasteiger partial charge in [-0.3, -0.25) is 30.3 Å². The second kappa shape index (κ2) is 7.45. The lowest BCUT2D eigenvalue weighted by molar-refractivity contribution is -0.394. The van der Waals surface area contributed by atoms with Crippen molar-refractivity contribution < 1.29 is 41.1 Å². The van der Waals surface area contributed by atoms with Gasteiger partial charge in [0, 0.05) is 17.8 Å². The molecule has 0 unspecified atom stereocenters. The van der Waals surface area contributed by atoms with Crippen molar-refractivity contribution in [3.05, 3.63) is 71.8 Å². The second-order valence-electron chi connectivity index (χ2n) is 5.51. The molecule has 160 valence electrons. The molecule has 0 aliphatic rings. The molecule has 0 bridgehead atoms. The molecular formula is C14H6F6N4O6. The average molecular weight is 440 g/mol. The summed E-state index contributed by atoms with van der Waals surface area (Å²) in [6.07, 6.45) is -10.6. The number of hydrogen-bond donors (Lipinski definition) is 1. The topological polar surface area (TPSA) is 141 Å². The molecule has 0 aliphatic heterocycles. The van der Waals surface area contributed by atoms with E-state index in [2.05, 4.69) is 0 Å². The van der Waals surface area contributed by atoms with E-state index < -0.39 is 66.7 Å². The van der Waals surface area contributed by atoms with Crippen molar-refractivity contribution in [2.24, 2.45) is 0 Å². The zero-order valence-electron chi connectivity index (χ0n) is 13.9. The first-order valence-corrected chi connectivity index (χ1v) is 7.29. The maximum absolute atomic E-state index is 13.3. The van der Waals surface area contributed by atoms with Gasteiger partial charge in [0.25, 0.3) is 17.1 Å². The number of nitro groups is 3. The number of alkyl halides is 6. The van der Waals surface area contributed by atoms with Crippen LogP contribution in [0.4, 0.5) is 54.8 Å². The van der Waals surface area contributed by atoms with Gasteiger partial charge in [-0.15, -0.1) is 0 Å². The van der Waals surface area contributed by atoms with Crippen molar-refractivity contribution in [1.29, 1.82) is 0 Å². The highest BCUT2D eigenvalue weighted by atomic mass is 19.4. The maximum atomic E-state index is 13.3. The number of anilines is 2. The molecule has 0 fully saturated rings. The zero-order chi connectivity index (χ0) is 23.0. The number of non-ortho nitro benzene ring substituents is 1. The standard InChI is InChI=1S/C14H6F6N4O6/c15-13(16,17)8-3-6(1-2-10(8)23(27)28)21-12-9(14(18,19)20)4-7(22(25)26)5-11(12)24(29)30/h1-5,21H. The third kappa shape index (κ3) is 4.53. The summed E-state index contributed by atoms with van der Waals surface area (Å²) < 4.78 is 79.1. The molecule has 2 aromatic rings. The molecule has 0 amide bonds. The first kappa shape index (κ1) is 22.3. The Morgan fingerprint density at radius 1 is 0.700 bits per heavy atom. The van der Waals surface area contributed by atoms with Crippen molar-refractivity contribution in [2.45, 2.75) is 12.4 Å². The van der Waals surface area contributed by atoms with Gasteiger partial charge < -0.3 is 5.32 Å². The van der Waals surface area contributed by atoms with Crippen LogP contribution in [0.25, 0.3) is 0 Å². The number of nitrogens with one attached hydrogen (secondary N) is 1. The predicted octanol–water partition coefficient (Wildman–Crippen LogP) is 5.19. The molecule has 2 rings (SSSR count). The molecule has 0 saturated carbocycles. The molecule has 2 aromatic carbocycles. The largest absolute Gasteiger partial charge is 0.423 e. The second-order valence-corrected chi connectivity index (χ2v) is 5.51. The van der Waals surface area contributed by atoms with Crippen molar-refractivity contribution in [3.8, 4) is 0 Å². The summed E-state index contributed by atoms with van der Waals surface area (Å²) in [7, 11) is 0. The fourth-order valence-corrected chi connectivity index (χ4v) is 2.36. The minimum Gasteiger partial charge on any atom is -0.349 e. The van der Waals surface area contributed by atoms with Crippen molar-refractivity contribution in [2.75, 3.05) is 5.32 Å². The van der Waals surface area contributed by atoms with Gasteiger partial charge in [0.1, 0.15) is 11.3 Å².